The molecule has 0 saturated carbocycles. The van der Waals surface area contributed by atoms with Crippen LogP contribution in [0.25, 0.3) is 10.9 Å². The molecular weight excluding hydrogens is 419 g/mol. The van der Waals surface area contributed by atoms with E-state index < -0.39 is 29.5 Å². The van der Waals surface area contributed by atoms with Crippen LogP contribution in [0.3, 0.4) is 0 Å². The molecule has 0 radical (unpaired) electrons. The molecule has 5 nitrogen and oxygen atoms in total. The SMILES string of the molecule is O=C(CC1(O)C(=O)N(CCCc2c[nH]c3ccccc23)c2ccccc21)c1cccc(F)c1. The summed E-state index contributed by atoms with van der Waals surface area (Å²) in [5.74, 6) is -1.54. The first-order valence-corrected chi connectivity index (χ1v) is 10.9. The van der Waals surface area contributed by atoms with Crippen LogP contribution < -0.4 is 4.90 Å². The van der Waals surface area contributed by atoms with E-state index in [9.17, 15) is 19.1 Å². The standard InChI is InChI=1S/C27H23FN2O3/c28-20-9-5-7-18(15-20)25(31)16-27(33)22-11-2-4-13-24(22)30(26(27)32)14-6-8-19-17-29-23-12-3-1-10-21(19)23/h1-5,7,9-13,15,17,29,33H,6,8,14,16H2. The van der Waals surface area contributed by atoms with Gasteiger partial charge in [0.2, 0.25) is 0 Å². The van der Waals surface area contributed by atoms with E-state index in [1.54, 1.807) is 29.2 Å². The molecule has 0 saturated heterocycles. The van der Waals surface area contributed by atoms with Gasteiger partial charge in [-0.3, -0.25) is 9.59 Å². The number of halogens is 1. The quantitative estimate of drug-likeness (QED) is 0.406. The number of aryl methyl sites for hydroxylation is 1. The summed E-state index contributed by atoms with van der Waals surface area (Å²) >= 11 is 0. The second kappa shape index (κ2) is 8.30. The number of rotatable bonds is 7. The van der Waals surface area contributed by atoms with Crippen molar-refractivity contribution in [2.24, 2.45) is 0 Å². The minimum absolute atomic E-state index is 0.131. The third kappa shape index (κ3) is 3.72. The van der Waals surface area contributed by atoms with Crippen LogP contribution in [0.15, 0.2) is 79.0 Å². The molecule has 3 aromatic carbocycles. The number of amides is 1. The van der Waals surface area contributed by atoms with Crippen LogP contribution >= 0.6 is 0 Å². The van der Waals surface area contributed by atoms with Crippen molar-refractivity contribution < 1.29 is 19.1 Å². The van der Waals surface area contributed by atoms with E-state index in [0.717, 1.165) is 23.4 Å². The summed E-state index contributed by atoms with van der Waals surface area (Å²) in [7, 11) is 0. The van der Waals surface area contributed by atoms with Crippen LogP contribution in [0.4, 0.5) is 10.1 Å². The Labute approximate surface area is 190 Å². The topological polar surface area (TPSA) is 73.4 Å². The number of Topliss-reactive ketones (excluding diaryl/α,β-unsaturated/α-hetero) is 1. The van der Waals surface area contributed by atoms with Crippen LogP contribution in [-0.2, 0) is 16.8 Å². The number of carbonyl (C=O) groups excluding carboxylic acids is 2. The Balaban J connectivity index is 1.36. The fourth-order valence-corrected chi connectivity index (χ4v) is 4.66. The summed E-state index contributed by atoms with van der Waals surface area (Å²) < 4.78 is 13.6. The first kappa shape index (κ1) is 21.1. The highest BCUT2D eigenvalue weighted by molar-refractivity contribution is 6.10. The number of fused-ring (bicyclic) bond motifs is 2. The second-order valence-corrected chi connectivity index (χ2v) is 8.41. The maximum absolute atomic E-state index is 13.6. The lowest BCUT2D eigenvalue weighted by Gasteiger charge is -2.23. The number of carbonyl (C=O) groups is 2. The molecule has 2 N–H and O–H groups in total. The van der Waals surface area contributed by atoms with Gasteiger partial charge >= 0.3 is 0 Å². The first-order valence-electron chi connectivity index (χ1n) is 10.9. The minimum atomic E-state index is -1.97. The number of aromatic amines is 1. The van der Waals surface area contributed by atoms with Crippen LogP contribution in [-0.4, -0.2) is 28.3 Å². The van der Waals surface area contributed by atoms with Gasteiger partial charge in [0.15, 0.2) is 11.4 Å². The zero-order valence-electron chi connectivity index (χ0n) is 17.9. The number of hydrogen-bond donors (Lipinski definition) is 2. The van der Waals surface area contributed by atoms with Crippen molar-refractivity contribution in [3.05, 3.63) is 102 Å². The maximum Gasteiger partial charge on any atom is 0.264 e. The van der Waals surface area contributed by atoms with Crippen molar-refractivity contribution in [3.8, 4) is 0 Å². The smallest absolute Gasteiger partial charge is 0.264 e. The highest BCUT2D eigenvalue weighted by Crippen LogP contribution is 2.43. The van der Waals surface area contributed by atoms with Crippen molar-refractivity contribution >= 4 is 28.3 Å². The van der Waals surface area contributed by atoms with Gasteiger partial charge in [0, 0.05) is 34.8 Å². The molecule has 1 atom stereocenters. The van der Waals surface area contributed by atoms with Crippen molar-refractivity contribution in [2.45, 2.75) is 24.9 Å². The Morgan fingerprint density at radius 3 is 2.67 bits per heavy atom. The van der Waals surface area contributed by atoms with E-state index in [1.807, 2.05) is 24.4 Å². The lowest BCUT2D eigenvalue weighted by atomic mass is 9.88. The molecule has 2 heterocycles. The summed E-state index contributed by atoms with van der Waals surface area (Å²) in [4.78, 5) is 31.0. The van der Waals surface area contributed by atoms with Gasteiger partial charge in [0.05, 0.1) is 12.1 Å². The molecular formula is C27H23FN2O3. The summed E-state index contributed by atoms with van der Waals surface area (Å²) in [6.07, 6.45) is 3.00. The van der Waals surface area contributed by atoms with E-state index >= 15 is 0 Å². The molecule has 0 fully saturated rings. The molecule has 4 aromatic rings. The minimum Gasteiger partial charge on any atom is -0.375 e. The third-order valence-corrected chi connectivity index (χ3v) is 6.31. The molecule has 33 heavy (non-hydrogen) atoms. The number of nitrogens with zero attached hydrogens (tertiary/aromatic N) is 1. The highest BCUT2D eigenvalue weighted by atomic mass is 19.1. The summed E-state index contributed by atoms with van der Waals surface area (Å²) in [5, 5.41) is 12.6. The summed E-state index contributed by atoms with van der Waals surface area (Å²) in [6, 6.07) is 20.3. The molecule has 0 aliphatic carbocycles. The van der Waals surface area contributed by atoms with Crippen LogP contribution in [0.1, 0.15) is 34.3 Å². The lowest BCUT2D eigenvalue weighted by molar-refractivity contribution is -0.135. The number of anilines is 1. The molecule has 1 unspecified atom stereocenters. The molecule has 0 spiro atoms. The Morgan fingerprint density at radius 1 is 1.03 bits per heavy atom. The van der Waals surface area contributed by atoms with Gasteiger partial charge in [0.1, 0.15) is 5.82 Å². The average molecular weight is 442 g/mol. The number of para-hydroxylation sites is 2. The van der Waals surface area contributed by atoms with E-state index in [0.29, 0.717) is 24.2 Å². The zero-order valence-corrected chi connectivity index (χ0v) is 17.9. The molecule has 5 rings (SSSR count). The van der Waals surface area contributed by atoms with Crippen molar-refractivity contribution in [1.82, 2.24) is 4.98 Å². The Morgan fingerprint density at radius 2 is 1.82 bits per heavy atom. The van der Waals surface area contributed by atoms with E-state index in [1.165, 1.54) is 23.8 Å². The van der Waals surface area contributed by atoms with Crippen molar-refractivity contribution in [3.63, 3.8) is 0 Å². The van der Waals surface area contributed by atoms with Crippen LogP contribution in [0, 0.1) is 5.82 Å². The zero-order chi connectivity index (χ0) is 23.0. The number of ketones is 1. The Kier molecular flexibility index (Phi) is 5.30. The normalized spacial score (nSPS) is 17.5. The van der Waals surface area contributed by atoms with Crippen molar-refractivity contribution in [2.75, 3.05) is 11.4 Å². The fourth-order valence-electron chi connectivity index (χ4n) is 4.66. The van der Waals surface area contributed by atoms with Gasteiger partial charge < -0.3 is 15.0 Å². The molecule has 1 aromatic heterocycles. The fraction of sp³-hybridized carbons (Fsp3) is 0.185. The third-order valence-electron chi connectivity index (χ3n) is 6.31. The van der Waals surface area contributed by atoms with Gasteiger partial charge in [-0.15, -0.1) is 0 Å². The molecule has 1 aliphatic heterocycles. The van der Waals surface area contributed by atoms with E-state index in [-0.39, 0.29) is 5.56 Å². The van der Waals surface area contributed by atoms with Gasteiger partial charge in [-0.1, -0.05) is 48.5 Å². The van der Waals surface area contributed by atoms with Crippen molar-refractivity contribution in [1.29, 1.82) is 0 Å². The monoisotopic (exact) mass is 442 g/mol. The Bertz CT molecular complexity index is 1360. The number of H-pyrrole nitrogens is 1. The number of benzene rings is 3. The second-order valence-electron chi connectivity index (χ2n) is 8.41. The Hall–Kier alpha value is -3.77. The summed E-state index contributed by atoms with van der Waals surface area (Å²) in [6.45, 7) is 0.409. The molecule has 1 aliphatic rings. The summed E-state index contributed by atoms with van der Waals surface area (Å²) in [5.41, 5.74) is 1.41. The van der Waals surface area contributed by atoms with Gasteiger partial charge in [-0.25, -0.2) is 4.39 Å². The van der Waals surface area contributed by atoms with E-state index in [2.05, 4.69) is 11.1 Å². The largest absolute Gasteiger partial charge is 0.375 e. The molecule has 6 heteroatoms. The van der Waals surface area contributed by atoms with Gasteiger partial charge in [-0.05, 0) is 42.7 Å². The molecule has 0 bridgehead atoms. The molecule has 166 valence electrons. The number of hydrogen-bond acceptors (Lipinski definition) is 3. The van der Waals surface area contributed by atoms with Gasteiger partial charge in [-0.2, -0.15) is 0 Å². The predicted molar refractivity (Wildman–Crippen MR) is 125 cm³/mol. The predicted octanol–water partition coefficient (Wildman–Crippen LogP) is 4.75. The number of aliphatic hydroxyl groups is 1. The van der Waals surface area contributed by atoms with Crippen LogP contribution in [0.2, 0.25) is 0 Å². The average Bonchev–Trinajstić information content (AvgIpc) is 3.32. The van der Waals surface area contributed by atoms with Crippen LogP contribution in [0.5, 0.6) is 0 Å². The van der Waals surface area contributed by atoms with E-state index in [4.69, 9.17) is 0 Å². The number of nitrogens with one attached hydrogen (secondary N) is 1. The highest BCUT2D eigenvalue weighted by Gasteiger charge is 2.50. The first-order chi connectivity index (χ1) is 16.0. The molecule has 1 amide bonds. The number of aromatic nitrogens is 1. The lowest BCUT2D eigenvalue weighted by Crippen LogP contribution is -2.42. The van der Waals surface area contributed by atoms with Gasteiger partial charge in [0.25, 0.3) is 5.91 Å². The maximum atomic E-state index is 13.6.